The van der Waals surface area contributed by atoms with Gasteiger partial charge in [-0.2, -0.15) is 0 Å². The molecule has 0 unspecified atom stereocenters. The first kappa shape index (κ1) is 12.3. The maximum atomic E-state index is 11.3. The van der Waals surface area contributed by atoms with E-state index in [4.69, 9.17) is 4.74 Å². The van der Waals surface area contributed by atoms with Crippen molar-refractivity contribution in [1.82, 2.24) is 10.6 Å². The first-order valence-electron chi connectivity index (χ1n) is 5.57. The van der Waals surface area contributed by atoms with Crippen LogP contribution in [0.15, 0.2) is 0 Å². The van der Waals surface area contributed by atoms with Gasteiger partial charge in [0.05, 0.1) is 0 Å². The van der Waals surface area contributed by atoms with E-state index < -0.39 is 5.60 Å². The number of nitrogens with one attached hydrogen (secondary N) is 2. The maximum Gasteiger partial charge on any atom is 0.407 e. The van der Waals surface area contributed by atoms with Crippen molar-refractivity contribution in [3.8, 4) is 0 Å². The Morgan fingerprint density at radius 1 is 1.53 bits per heavy atom. The second-order valence-electron chi connectivity index (χ2n) is 5.33. The second-order valence-corrected chi connectivity index (χ2v) is 5.33. The molecule has 1 saturated heterocycles. The van der Waals surface area contributed by atoms with Gasteiger partial charge in [0.2, 0.25) is 0 Å². The van der Waals surface area contributed by atoms with Gasteiger partial charge in [-0.3, -0.25) is 0 Å². The third-order valence-electron chi connectivity index (χ3n) is 2.33. The molecule has 1 amide bonds. The van der Waals surface area contributed by atoms with Crippen LogP contribution in [-0.4, -0.2) is 30.8 Å². The van der Waals surface area contributed by atoms with Gasteiger partial charge in [0.15, 0.2) is 0 Å². The zero-order valence-electron chi connectivity index (χ0n) is 10.1. The van der Waals surface area contributed by atoms with Crippen molar-refractivity contribution in [1.29, 1.82) is 0 Å². The van der Waals surface area contributed by atoms with Gasteiger partial charge < -0.3 is 15.4 Å². The van der Waals surface area contributed by atoms with Crippen LogP contribution < -0.4 is 10.6 Å². The van der Waals surface area contributed by atoms with Crippen molar-refractivity contribution >= 4 is 6.09 Å². The van der Waals surface area contributed by atoms with Crippen LogP contribution in [0, 0.1) is 5.92 Å². The minimum Gasteiger partial charge on any atom is -0.444 e. The number of carbonyl (C=O) groups excluding carboxylic acids is 1. The zero-order valence-corrected chi connectivity index (χ0v) is 10.1. The fourth-order valence-electron chi connectivity index (χ4n) is 1.70. The molecule has 1 aliphatic rings. The van der Waals surface area contributed by atoms with E-state index in [1.165, 1.54) is 0 Å². The van der Waals surface area contributed by atoms with Gasteiger partial charge in [0.1, 0.15) is 5.60 Å². The molecule has 4 nitrogen and oxygen atoms in total. The summed E-state index contributed by atoms with van der Waals surface area (Å²) in [6, 6.07) is 0.396. The highest BCUT2D eigenvalue weighted by molar-refractivity contribution is 5.67. The van der Waals surface area contributed by atoms with Crippen LogP contribution in [-0.2, 0) is 4.74 Å². The molecule has 2 atom stereocenters. The molecule has 1 fully saturated rings. The monoisotopic (exact) mass is 214 g/mol. The van der Waals surface area contributed by atoms with E-state index in [0.717, 1.165) is 13.0 Å². The molecule has 4 heteroatoms. The Balaban J connectivity index is 2.17. The maximum absolute atomic E-state index is 11.3. The number of hydrogen-bond acceptors (Lipinski definition) is 3. The van der Waals surface area contributed by atoms with Crippen LogP contribution in [0.1, 0.15) is 34.1 Å². The first-order chi connectivity index (χ1) is 6.87. The highest BCUT2D eigenvalue weighted by Gasteiger charge is 2.22. The topological polar surface area (TPSA) is 50.4 Å². The van der Waals surface area contributed by atoms with Gasteiger partial charge in [0.25, 0.3) is 0 Å². The van der Waals surface area contributed by atoms with Crippen molar-refractivity contribution in [2.75, 3.05) is 13.1 Å². The molecule has 1 aliphatic heterocycles. The van der Waals surface area contributed by atoms with Gasteiger partial charge in [-0.1, -0.05) is 6.92 Å². The van der Waals surface area contributed by atoms with Gasteiger partial charge in [-0.15, -0.1) is 0 Å². The standard InChI is InChI=1S/C11H22N2O2/c1-8-5-9(12-6-8)7-13-10(14)15-11(2,3)4/h8-9,12H,5-7H2,1-4H3,(H,13,14)/t8-,9-/m0/s1. The number of rotatable bonds is 2. The quantitative estimate of drug-likeness (QED) is 0.732. The van der Waals surface area contributed by atoms with Gasteiger partial charge in [0, 0.05) is 12.6 Å². The number of carbonyl (C=O) groups is 1. The summed E-state index contributed by atoms with van der Waals surface area (Å²) in [5.74, 6) is 0.704. The average Bonchev–Trinajstić information content (AvgIpc) is 2.45. The summed E-state index contributed by atoms with van der Waals surface area (Å²) in [6.07, 6.45) is 0.791. The highest BCUT2D eigenvalue weighted by atomic mass is 16.6. The molecule has 15 heavy (non-hydrogen) atoms. The minimum atomic E-state index is -0.416. The molecule has 0 aliphatic carbocycles. The fraction of sp³-hybridized carbons (Fsp3) is 0.909. The van der Waals surface area contributed by atoms with E-state index in [0.29, 0.717) is 18.5 Å². The Bertz CT molecular complexity index is 223. The molecule has 1 rings (SSSR count). The van der Waals surface area contributed by atoms with Gasteiger partial charge in [-0.25, -0.2) is 4.79 Å². The summed E-state index contributed by atoms with van der Waals surface area (Å²) < 4.78 is 5.15. The molecule has 1 heterocycles. The third-order valence-corrected chi connectivity index (χ3v) is 2.33. The Morgan fingerprint density at radius 3 is 2.67 bits per heavy atom. The predicted molar refractivity (Wildman–Crippen MR) is 59.8 cm³/mol. The van der Waals surface area contributed by atoms with Gasteiger partial charge in [-0.05, 0) is 39.7 Å². The number of amides is 1. The van der Waals surface area contributed by atoms with Crippen molar-refractivity contribution in [2.24, 2.45) is 5.92 Å². The van der Waals surface area contributed by atoms with Crippen LogP contribution >= 0.6 is 0 Å². The van der Waals surface area contributed by atoms with E-state index in [2.05, 4.69) is 17.6 Å². The molecule has 0 radical (unpaired) electrons. The summed E-state index contributed by atoms with van der Waals surface area (Å²) in [7, 11) is 0. The number of ether oxygens (including phenoxy) is 1. The zero-order chi connectivity index (χ0) is 11.5. The van der Waals surface area contributed by atoms with Crippen LogP contribution in [0.2, 0.25) is 0 Å². The number of hydrogen-bond donors (Lipinski definition) is 2. The van der Waals surface area contributed by atoms with Crippen LogP contribution in [0.4, 0.5) is 4.79 Å². The van der Waals surface area contributed by atoms with Crippen LogP contribution in [0.3, 0.4) is 0 Å². The Labute approximate surface area is 91.8 Å². The lowest BCUT2D eigenvalue weighted by atomic mass is 10.1. The first-order valence-corrected chi connectivity index (χ1v) is 5.57. The molecular formula is C11H22N2O2. The lowest BCUT2D eigenvalue weighted by molar-refractivity contribution is 0.0523. The van der Waals surface area contributed by atoms with Crippen molar-refractivity contribution in [3.63, 3.8) is 0 Å². The molecule has 0 aromatic carbocycles. The summed E-state index contributed by atoms with van der Waals surface area (Å²) in [4.78, 5) is 11.3. The minimum absolute atomic E-state index is 0.330. The normalized spacial score (nSPS) is 26.4. The molecule has 0 aromatic heterocycles. The summed E-state index contributed by atoms with van der Waals surface area (Å²) in [5, 5.41) is 6.13. The van der Waals surface area contributed by atoms with E-state index in [9.17, 15) is 4.79 Å². The Morgan fingerprint density at radius 2 is 2.20 bits per heavy atom. The fourth-order valence-corrected chi connectivity index (χ4v) is 1.70. The highest BCUT2D eigenvalue weighted by Crippen LogP contribution is 2.12. The molecule has 88 valence electrons. The molecule has 0 saturated carbocycles. The van der Waals surface area contributed by atoms with Crippen molar-refractivity contribution in [3.05, 3.63) is 0 Å². The van der Waals surface area contributed by atoms with Gasteiger partial charge >= 0.3 is 6.09 Å². The third kappa shape index (κ3) is 5.02. The molecule has 0 aromatic rings. The van der Waals surface area contributed by atoms with Crippen LogP contribution in [0.25, 0.3) is 0 Å². The van der Waals surface area contributed by atoms with E-state index >= 15 is 0 Å². The molecule has 2 N–H and O–H groups in total. The SMILES string of the molecule is C[C@@H]1CN[C@H](CNC(=O)OC(C)(C)C)C1. The van der Waals surface area contributed by atoms with Crippen molar-refractivity contribution in [2.45, 2.75) is 45.8 Å². The summed E-state index contributed by atoms with van der Waals surface area (Å²) in [6.45, 7) is 9.49. The Hall–Kier alpha value is -0.770. The summed E-state index contributed by atoms with van der Waals surface area (Å²) in [5.41, 5.74) is -0.416. The van der Waals surface area contributed by atoms with Crippen molar-refractivity contribution < 1.29 is 9.53 Å². The van der Waals surface area contributed by atoms with Crippen LogP contribution in [0.5, 0.6) is 0 Å². The van der Waals surface area contributed by atoms with E-state index in [1.54, 1.807) is 0 Å². The smallest absolute Gasteiger partial charge is 0.407 e. The summed E-state index contributed by atoms with van der Waals surface area (Å²) >= 11 is 0. The largest absolute Gasteiger partial charge is 0.444 e. The van der Waals surface area contributed by atoms with E-state index in [1.807, 2.05) is 20.8 Å². The average molecular weight is 214 g/mol. The second kappa shape index (κ2) is 4.84. The predicted octanol–water partition coefficient (Wildman–Crippen LogP) is 1.51. The van der Waals surface area contributed by atoms with E-state index in [-0.39, 0.29) is 6.09 Å². The molecular weight excluding hydrogens is 192 g/mol. The lowest BCUT2D eigenvalue weighted by Crippen LogP contribution is -2.39. The molecule has 0 spiro atoms. The number of alkyl carbamates (subject to hydrolysis) is 1. The lowest BCUT2D eigenvalue weighted by Gasteiger charge is -2.20. The molecule has 0 bridgehead atoms. The Kier molecular flexibility index (Phi) is 3.97.